The highest BCUT2D eigenvalue weighted by Gasteiger charge is 2.25. The van der Waals surface area contributed by atoms with Gasteiger partial charge < -0.3 is 25.2 Å². The van der Waals surface area contributed by atoms with Crippen LogP contribution in [0.3, 0.4) is 0 Å². The third-order valence-electron chi connectivity index (χ3n) is 6.39. The second-order valence-electron chi connectivity index (χ2n) is 9.29. The molecule has 0 unspecified atom stereocenters. The average Bonchev–Trinajstić information content (AvgIpc) is 2.74. The fourth-order valence-electron chi connectivity index (χ4n) is 5.01. The van der Waals surface area contributed by atoms with Gasteiger partial charge >= 0.3 is 0 Å². The van der Waals surface area contributed by atoms with Gasteiger partial charge in [0, 0.05) is 38.3 Å². The summed E-state index contributed by atoms with van der Waals surface area (Å²) in [7, 11) is 0. The number of hydrogen-bond acceptors (Lipinski definition) is 6. The molecule has 166 valence electrons. The van der Waals surface area contributed by atoms with Crippen molar-refractivity contribution < 1.29 is 4.74 Å². The van der Waals surface area contributed by atoms with Gasteiger partial charge in [-0.2, -0.15) is 9.97 Å². The summed E-state index contributed by atoms with van der Waals surface area (Å²) < 4.78 is 5.53. The molecule has 3 aliphatic rings. The lowest BCUT2D eigenvalue weighted by Gasteiger charge is -2.36. The summed E-state index contributed by atoms with van der Waals surface area (Å²) in [5, 5.41) is 7.39. The van der Waals surface area contributed by atoms with E-state index in [9.17, 15) is 0 Å². The zero-order valence-corrected chi connectivity index (χ0v) is 19.2. The van der Waals surface area contributed by atoms with Gasteiger partial charge in [0.2, 0.25) is 5.95 Å². The van der Waals surface area contributed by atoms with Crippen LogP contribution in [0.4, 0.5) is 17.6 Å². The van der Waals surface area contributed by atoms with Crippen LogP contribution < -0.4 is 20.4 Å². The summed E-state index contributed by atoms with van der Waals surface area (Å²) in [6.45, 7) is 9.91. The van der Waals surface area contributed by atoms with Crippen molar-refractivity contribution in [1.29, 1.82) is 0 Å². The number of thiocarbonyl (C=S) groups is 1. The summed E-state index contributed by atoms with van der Waals surface area (Å²) in [6, 6.07) is 2.60. The Balaban J connectivity index is 1.52. The van der Waals surface area contributed by atoms with Gasteiger partial charge in [-0.05, 0) is 43.3 Å². The first-order valence-corrected chi connectivity index (χ1v) is 12.0. The number of anilines is 3. The molecular weight excluding hydrogens is 396 g/mol. The van der Waals surface area contributed by atoms with Crippen LogP contribution in [0.1, 0.15) is 52.4 Å². The first-order valence-electron chi connectivity index (χ1n) is 11.6. The van der Waals surface area contributed by atoms with E-state index in [0.29, 0.717) is 28.9 Å². The molecule has 1 saturated carbocycles. The van der Waals surface area contributed by atoms with Gasteiger partial charge in [-0.1, -0.05) is 33.1 Å². The first-order chi connectivity index (χ1) is 14.6. The molecule has 2 N–H and O–H groups in total. The molecule has 1 aromatic rings. The molecule has 3 fully saturated rings. The maximum Gasteiger partial charge on any atom is 0.232 e. The van der Waals surface area contributed by atoms with E-state index < -0.39 is 0 Å². The Labute approximate surface area is 186 Å². The molecule has 2 saturated heterocycles. The number of rotatable bonds is 4. The van der Waals surface area contributed by atoms with Crippen molar-refractivity contribution in [2.24, 2.45) is 11.8 Å². The minimum Gasteiger partial charge on any atom is -0.378 e. The molecule has 0 amide bonds. The van der Waals surface area contributed by atoms with Crippen molar-refractivity contribution >= 4 is 34.9 Å². The Morgan fingerprint density at radius 2 is 1.63 bits per heavy atom. The SMILES string of the molecule is C[C@@H]1C[C@H](C)CN(c2cc(N3CCOCC3)nc(NC(=S)NC3CCCCC3)n2)C1. The molecule has 30 heavy (non-hydrogen) atoms. The van der Waals surface area contributed by atoms with E-state index >= 15 is 0 Å². The predicted molar refractivity (Wildman–Crippen MR) is 126 cm³/mol. The summed E-state index contributed by atoms with van der Waals surface area (Å²) in [4.78, 5) is 14.4. The second-order valence-corrected chi connectivity index (χ2v) is 9.70. The number of aromatic nitrogens is 2. The van der Waals surface area contributed by atoms with Crippen molar-refractivity contribution in [3.8, 4) is 0 Å². The predicted octanol–water partition coefficient (Wildman–Crippen LogP) is 3.41. The highest BCUT2D eigenvalue weighted by atomic mass is 32.1. The topological polar surface area (TPSA) is 65.6 Å². The fraction of sp³-hybridized carbons (Fsp3) is 0.773. The molecular formula is C22H36N6OS. The number of morpholine rings is 1. The lowest BCUT2D eigenvalue weighted by molar-refractivity contribution is 0.122. The normalized spacial score (nSPS) is 25.8. The van der Waals surface area contributed by atoms with Crippen LogP contribution in [-0.2, 0) is 4.74 Å². The lowest BCUT2D eigenvalue weighted by atomic mass is 9.92. The molecule has 8 heteroatoms. The highest BCUT2D eigenvalue weighted by molar-refractivity contribution is 7.80. The number of piperidine rings is 1. The van der Waals surface area contributed by atoms with Crippen molar-refractivity contribution in [3.63, 3.8) is 0 Å². The van der Waals surface area contributed by atoms with E-state index in [1.807, 2.05) is 0 Å². The Bertz CT molecular complexity index is 710. The smallest absolute Gasteiger partial charge is 0.232 e. The number of nitrogens with zero attached hydrogens (tertiary/aromatic N) is 4. The van der Waals surface area contributed by atoms with Crippen molar-refractivity contribution in [2.45, 2.75) is 58.4 Å². The molecule has 7 nitrogen and oxygen atoms in total. The zero-order valence-electron chi connectivity index (χ0n) is 18.4. The molecule has 0 spiro atoms. The maximum atomic E-state index is 5.60. The van der Waals surface area contributed by atoms with Crippen molar-refractivity contribution in [3.05, 3.63) is 6.07 Å². The minimum atomic E-state index is 0.462. The maximum absolute atomic E-state index is 5.60. The van der Waals surface area contributed by atoms with Crippen molar-refractivity contribution in [2.75, 3.05) is 54.5 Å². The van der Waals surface area contributed by atoms with Crippen LogP contribution in [0.5, 0.6) is 0 Å². The van der Waals surface area contributed by atoms with Crippen molar-refractivity contribution in [1.82, 2.24) is 15.3 Å². The largest absolute Gasteiger partial charge is 0.378 e. The Kier molecular flexibility index (Phi) is 7.25. The van der Waals surface area contributed by atoms with Gasteiger partial charge in [-0.15, -0.1) is 0 Å². The number of nitrogens with one attached hydrogen (secondary N) is 2. The number of ether oxygens (including phenoxy) is 1. The molecule has 1 aromatic heterocycles. The zero-order chi connectivity index (χ0) is 20.9. The lowest BCUT2D eigenvalue weighted by Crippen LogP contribution is -2.41. The molecule has 0 bridgehead atoms. The van der Waals surface area contributed by atoms with Gasteiger partial charge in [0.15, 0.2) is 5.11 Å². The molecule has 0 radical (unpaired) electrons. The first kappa shape index (κ1) is 21.6. The van der Waals surface area contributed by atoms with E-state index in [1.165, 1.54) is 38.5 Å². The van der Waals surface area contributed by atoms with Gasteiger partial charge in [-0.3, -0.25) is 0 Å². The van der Waals surface area contributed by atoms with Gasteiger partial charge in [0.05, 0.1) is 13.2 Å². The third-order valence-corrected chi connectivity index (χ3v) is 6.61. The van der Waals surface area contributed by atoms with E-state index in [4.69, 9.17) is 26.9 Å². The third kappa shape index (κ3) is 5.72. The molecule has 0 aromatic carbocycles. The Morgan fingerprint density at radius 3 is 2.30 bits per heavy atom. The molecule has 3 heterocycles. The standard InChI is InChI=1S/C22H36N6OS/c1-16-12-17(2)15-28(14-16)20-13-19(27-8-10-29-11-9-27)24-21(25-20)26-22(30)23-18-6-4-3-5-7-18/h13,16-18H,3-12,14-15H2,1-2H3,(H2,23,24,25,26,30)/t16-,17+. The molecule has 4 rings (SSSR count). The number of hydrogen-bond donors (Lipinski definition) is 2. The minimum absolute atomic E-state index is 0.462. The van der Waals surface area contributed by atoms with Gasteiger partial charge in [0.1, 0.15) is 11.6 Å². The monoisotopic (exact) mass is 432 g/mol. The van der Waals surface area contributed by atoms with E-state index in [1.54, 1.807) is 0 Å². The summed E-state index contributed by atoms with van der Waals surface area (Å²) >= 11 is 5.60. The highest BCUT2D eigenvalue weighted by Crippen LogP contribution is 2.28. The summed E-state index contributed by atoms with van der Waals surface area (Å²) in [5.74, 6) is 3.88. The quantitative estimate of drug-likeness (QED) is 0.702. The van der Waals surface area contributed by atoms with E-state index in [0.717, 1.165) is 51.0 Å². The van der Waals surface area contributed by atoms with Crippen LogP contribution >= 0.6 is 12.2 Å². The van der Waals surface area contributed by atoms with Crippen LogP contribution in [0.15, 0.2) is 6.07 Å². The average molecular weight is 433 g/mol. The van der Waals surface area contributed by atoms with Crippen LogP contribution in [0, 0.1) is 11.8 Å². The molecule has 2 atom stereocenters. The summed E-state index contributed by atoms with van der Waals surface area (Å²) in [5.41, 5.74) is 0. The Hall–Kier alpha value is -1.67. The summed E-state index contributed by atoms with van der Waals surface area (Å²) in [6.07, 6.45) is 7.53. The van der Waals surface area contributed by atoms with E-state index in [2.05, 4.69) is 40.3 Å². The molecule has 1 aliphatic carbocycles. The van der Waals surface area contributed by atoms with Gasteiger partial charge in [0.25, 0.3) is 0 Å². The van der Waals surface area contributed by atoms with Crippen LogP contribution in [0.25, 0.3) is 0 Å². The van der Waals surface area contributed by atoms with Gasteiger partial charge in [-0.25, -0.2) is 0 Å². The fourth-order valence-corrected chi connectivity index (χ4v) is 5.27. The van der Waals surface area contributed by atoms with Crippen LogP contribution in [-0.4, -0.2) is 60.5 Å². The second kappa shape index (κ2) is 10.1. The van der Waals surface area contributed by atoms with Crippen LogP contribution in [0.2, 0.25) is 0 Å². The van der Waals surface area contributed by atoms with E-state index in [-0.39, 0.29) is 0 Å². The Morgan fingerprint density at radius 1 is 1.00 bits per heavy atom. The molecule has 2 aliphatic heterocycles.